The average molecular weight is 269 g/mol. The van der Waals surface area contributed by atoms with Crippen molar-refractivity contribution in [1.82, 2.24) is 4.98 Å². The van der Waals surface area contributed by atoms with Crippen molar-refractivity contribution in [2.45, 2.75) is 37.3 Å². The lowest BCUT2D eigenvalue weighted by Gasteiger charge is -2.32. The molecule has 1 atom stereocenters. The number of benzene rings is 1. The highest BCUT2D eigenvalue weighted by Crippen LogP contribution is 2.47. The van der Waals surface area contributed by atoms with Crippen molar-refractivity contribution in [3.8, 4) is 0 Å². The second kappa shape index (κ2) is 4.68. The zero-order chi connectivity index (χ0) is 13.5. The molecule has 0 amide bonds. The summed E-state index contributed by atoms with van der Waals surface area (Å²) in [6.07, 6.45) is 1.91. The number of hydrogen-bond acceptors (Lipinski definition) is 2. The van der Waals surface area contributed by atoms with Crippen molar-refractivity contribution < 1.29 is 0 Å². The van der Waals surface area contributed by atoms with Crippen molar-refractivity contribution in [3.63, 3.8) is 0 Å². The Hall–Kier alpha value is -1.28. The van der Waals surface area contributed by atoms with Crippen LogP contribution in [0.2, 0.25) is 0 Å². The van der Waals surface area contributed by atoms with Crippen LogP contribution in [0.4, 0.5) is 0 Å². The third kappa shape index (κ3) is 2.30. The maximum Gasteiger partial charge on any atom is 0.0544 e. The summed E-state index contributed by atoms with van der Waals surface area (Å²) in [6.45, 7) is 6.96. The van der Waals surface area contributed by atoms with Gasteiger partial charge in [0.25, 0.3) is 0 Å². The van der Waals surface area contributed by atoms with Crippen LogP contribution >= 0.6 is 11.8 Å². The van der Waals surface area contributed by atoms with Gasteiger partial charge in [0.1, 0.15) is 0 Å². The highest BCUT2D eigenvalue weighted by atomic mass is 32.2. The highest BCUT2D eigenvalue weighted by Gasteiger charge is 2.33. The van der Waals surface area contributed by atoms with Gasteiger partial charge in [0.05, 0.1) is 5.69 Å². The first-order valence-electron chi connectivity index (χ1n) is 6.73. The Morgan fingerprint density at radius 2 is 1.79 bits per heavy atom. The van der Waals surface area contributed by atoms with Gasteiger partial charge in [0.15, 0.2) is 0 Å². The molecule has 1 aliphatic heterocycles. The maximum absolute atomic E-state index is 4.61. The Balaban J connectivity index is 2.25. The first-order chi connectivity index (χ1) is 9.07. The maximum atomic E-state index is 4.61. The van der Waals surface area contributed by atoms with E-state index in [1.54, 1.807) is 0 Å². The molecule has 0 radical (unpaired) electrons. The Bertz CT molecular complexity index is 551. The molecule has 19 heavy (non-hydrogen) atoms. The molecule has 0 spiro atoms. The molecule has 0 N–H and O–H groups in total. The summed E-state index contributed by atoms with van der Waals surface area (Å²) < 4.78 is 0. The summed E-state index contributed by atoms with van der Waals surface area (Å²) in [5.74, 6) is 1.39. The van der Waals surface area contributed by atoms with Crippen molar-refractivity contribution in [1.29, 1.82) is 0 Å². The molecule has 0 bridgehead atoms. The molecule has 0 aliphatic carbocycles. The molecule has 1 aromatic heterocycles. The van der Waals surface area contributed by atoms with E-state index in [9.17, 15) is 0 Å². The molecule has 3 rings (SSSR count). The van der Waals surface area contributed by atoms with E-state index in [1.165, 1.54) is 21.7 Å². The minimum atomic E-state index is 0.193. The van der Waals surface area contributed by atoms with Crippen LogP contribution in [0.15, 0.2) is 47.5 Å². The third-order valence-electron chi connectivity index (χ3n) is 3.70. The number of rotatable bonds is 0. The fraction of sp³-hybridized carbons (Fsp3) is 0.353. The molecule has 0 saturated carbocycles. The Morgan fingerprint density at radius 3 is 2.58 bits per heavy atom. The van der Waals surface area contributed by atoms with Gasteiger partial charge in [0.2, 0.25) is 0 Å². The van der Waals surface area contributed by atoms with E-state index in [0.29, 0.717) is 5.92 Å². The van der Waals surface area contributed by atoms with Gasteiger partial charge in [-0.3, -0.25) is 4.98 Å². The standard InChI is InChI=1S/C17H19NS/c1-17(2,3)16-12-8-6-10-18-14(12)11-19-15-9-5-4-7-13(15)16/h4-10,16H,11H2,1-3H3. The molecule has 98 valence electrons. The average Bonchev–Trinajstić information content (AvgIpc) is 2.54. The van der Waals surface area contributed by atoms with Crippen molar-refractivity contribution >= 4 is 11.8 Å². The van der Waals surface area contributed by atoms with E-state index in [-0.39, 0.29) is 5.41 Å². The fourth-order valence-corrected chi connectivity index (χ4v) is 3.99. The van der Waals surface area contributed by atoms with E-state index >= 15 is 0 Å². The molecule has 1 unspecified atom stereocenters. The van der Waals surface area contributed by atoms with Crippen LogP contribution in [0, 0.1) is 5.41 Å². The Labute approximate surface area is 119 Å². The first-order valence-corrected chi connectivity index (χ1v) is 7.71. The summed E-state index contributed by atoms with van der Waals surface area (Å²) in [5, 5.41) is 0. The normalized spacial score (nSPS) is 18.4. The van der Waals surface area contributed by atoms with Gasteiger partial charge in [-0.15, -0.1) is 11.8 Å². The van der Waals surface area contributed by atoms with E-state index in [2.05, 4.69) is 62.2 Å². The number of fused-ring (bicyclic) bond motifs is 2. The van der Waals surface area contributed by atoms with Crippen LogP contribution in [0.3, 0.4) is 0 Å². The lowest BCUT2D eigenvalue weighted by molar-refractivity contribution is 0.354. The van der Waals surface area contributed by atoms with Gasteiger partial charge in [-0.1, -0.05) is 45.0 Å². The largest absolute Gasteiger partial charge is 0.260 e. The zero-order valence-corrected chi connectivity index (χ0v) is 12.5. The van der Waals surface area contributed by atoms with E-state index in [0.717, 1.165) is 5.75 Å². The van der Waals surface area contributed by atoms with E-state index < -0.39 is 0 Å². The van der Waals surface area contributed by atoms with E-state index in [4.69, 9.17) is 0 Å². The summed E-state index contributed by atoms with van der Waals surface area (Å²) in [6, 6.07) is 13.1. The summed E-state index contributed by atoms with van der Waals surface area (Å²) in [4.78, 5) is 6.01. The number of hydrogen-bond donors (Lipinski definition) is 0. The Morgan fingerprint density at radius 1 is 1.05 bits per heavy atom. The fourth-order valence-electron chi connectivity index (χ4n) is 2.93. The van der Waals surface area contributed by atoms with Gasteiger partial charge >= 0.3 is 0 Å². The minimum Gasteiger partial charge on any atom is -0.260 e. The third-order valence-corrected chi connectivity index (χ3v) is 4.80. The predicted octanol–water partition coefficient (Wildman–Crippen LogP) is 4.87. The minimum absolute atomic E-state index is 0.193. The van der Waals surface area contributed by atoms with Crippen LogP contribution < -0.4 is 0 Å². The zero-order valence-electron chi connectivity index (χ0n) is 11.7. The monoisotopic (exact) mass is 269 g/mol. The van der Waals surface area contributed by atoms with Crippen molar-refractivity contribution in [3.05, 3.63) is 59.4 Å². The SMILES string of the molecule is CC(C)(C)C1c2ccccc2SCc2ncccc21. The molecule has 0 fully saturated rings. The topological polar surface area (TPSA) is 12.9 Å². The molecule has 1 nitrogen and oxygen atoms in total. The van der Waals surface area contributed by atoms with Crippen LogP contribution in [0.5, 0.6) is 0 Å². The van der Waals surface area contributed by atoms with Gasteiger partial charge < -0.3 is 0 Å². The molecule has 1 aliphatic rings. The number of pyridine rings is 1. The lowest BCUT2D eigenvalue weighted by atomic mass is 9.72. The van der Waals surface area contributed by atoms with Crippen LogP contribution in [0.25, 0.3) is 0 Å². The quantitative estimate of drug-likeness (QED) is 0.677. The van der Waals surface area contributed by atoms with Gasteiger partial charge in [-0.25, -0.2) is 0 Å². The van der Waals surface area contributed by atoms with Crippen molar-refractivity contribution in [2.24, 2.45) is 5.41 Å². The molecule has 2 heteroatoms. The molecular formula is C17H19NS. The Kier molecular flexibility index (Phi) is 3.14. The summed E-state index contributed by atoms with van der Waals surface area (Å²) in [7, 11) is 0. The van der Waals surface area contributed by atoms with E-state index in [1.807, 2.05) is 18.0 Å². The molecular weight excluding hydrogens is 250 g/mol. The molecule has 2 aromatic rings. The lowest BCUT2D eigenvalue weighted by Crippen LogP contribution is -2.21. The highest BCUT2D eigenvalue weighted by molar-refractivity contribution is 7.98. The number of aromatic nitrogens is 1. The smallest absolute Gasteiger partial charge is 0.0544 e. The van der Waals surface area contributed by atoms with Gasteiger partial charge in [0, 0.05) is 22.8 Å². The second-order valence-electron chi connectivity index (χ2n) is 6.16. The number of thioether (sulfide) groups is 1. The summed E-state index contributed by atoms with van der Waals surface area (Å²) in [5.41, 5.74) is 4.28. The van der Waals surface area contributed by atoms with Crippen molar-refractivity contribution in [2.75, 3.05) is 0 Å². The molecule has 2 heterocycles. The predicted molar refractivity (Wildman–Crippen MR) is 81.5 cm³/mol. The van der Waals surface area contributed by atoms with Crippen LogP contribution in [0.1, 0.15) is 43.5 Å². The second-order valence-corrected chi connectivity index (χ2v) is 7.18. The van der Waals surface area contributed by atoms with Crippen LogP contribution in [-0.4, -0.2) is 4.98 Å². The summed E-state index contributed by atoms with van der Waals surface area (Å²) >= 11 is 1.91. The molecule has 1 aromatic carbocycles. The van der Waals surface area contributed by atoms with Gasteiger partial charge in [-0.05, 0) is 28.7 Å². The van der Waals surface area contributed by atoms with Crippen LogP contribution in [-0.2, 0) is 5.75 Å². The van der Waals surface area contributed by atoms with Gasteiger partial charge in [-0.2, -0.15) is 0 Å². The first kappa shape index (κ1) is 12.7. The number of nitrogens with zero attached hydrogens (tertiary/aromatic N) is 1. The molecule has 0 saturated heterocycles.